The monoisotopic (exact) mass is 210 g/mol. The molecule has 1 aliphatic heterocycles. The van der Waals surface area contributed by atoms with Gasteiger partial charge in [-0.25, -0.2) is 0 Å². The second kappa shape index (κ2) is 3.30. The van der Waals surface area contributed by atoms with Crippen molar-refractivity contribution < 1.29 is 9.59 Å². The second-order valence-corrected chi connectivity index (χ2v) is 5.48. The molecular formula is C11H18N2O2. The normalized spacial score (nSPS) is 27.7. The fraction of sp³-hybridized carbons (Fsp3) is 0.818. The number of hydrogen-bond donors (Lipinski definition) is 1. The van der Waals surface area contributed by atoms with E-state index < -0.39 is 0 Å². The molecule has 0 aromatic carbocycles. The summed E-state index contributed by atoms with van der Waals surface area (Å²) in [6.45, 7) is 6.01. The predicted molar refractivity (Wildman–Crippen MR) is 56.2 cm³/mol. The molecule has 1 N–H and O–H groups in total. The lowest BCUT2D eigenvalue weighted by Crippen LogP contribution is -2.48. The summed E-state index contributed by atoms with van der Waals surface area (Å²) in [5.74, 6) is -0.0401. The molecule has 0 aromatic rings. The summed E-state index contributed by atoms with van der Waals surface area (Å²) < 4.78 is 0. The van der Waals surface area contributed by atoms with Crippen molar-refractivity contribution in [3.8, 4) is 0 Å². The molecule has 84 valence electrons. The molecule has 2 amide bonds. The third kappa shape index (κ3) is 2.20. The number of nitrogens with one attached hydrogen (secondary N) is 1. The molecule has 4 heteroatoms. The molecule has 0 spiro atoms. The van der Waals surface area contributed by atoms with Crippen molar-refractivity contribution in [2.45, 2.75) is 57.7 Å². The highest BCUT2D eigenvalue weighted by Crippen LogP contribution is 2.31. The van der Waals surface area contributed by atoms with Crippen LogP contribution in [0.3, 0.4) is 0 Å². The van der Waals surface area contributed by atoms with Gasteiger partial charge in [0.05, 0.1) is 12.5 Å². The first-order valence-electron chi connectivity index (χ1n) is 5.52. The van der Waals surface area contributed by atoms with Crippen LogP contribution in [0.25, 0.3) is 0 Å². The molecule has 4 nitrogen and oxygen atoms in total. The van der Waals surface area contributed by atoms with Crippen LogP contribution in [0, 0.1) is 0 Å². The lowest BCUT2D eigenvalue weighted by Gasteiger charge is -2.24. The number of amides is 2. The number of hydrogen-bond acceptors (Lipinski definition) is 3. The molecule has 1 unspecified atom stereocenters. The summed E-state index contributed by atoms with van der Waals surface area (Å²) >= 11 is 0. The zero-order valence-corrected chi connectivity index (χ0v) is 9.54. The average molecular weight is 210 g/mol. The van der Waals surface area contributed by atoms with Crippen LogP contribution in [-0.2, 0) is 9.59 Å². The number of carbonyl (C=O) groups excluding carboxylic acids is 2. The molecule has 1 atom stereocenters. The van der Waals surface area contributed by atoms with E-state index in [1.165, 1.54) is 4.90 Å². The number of imide groups is 1. The maximum absolute atomic E-state index is 11.9. The summed E-state index contributed by atoms with van der Waals surface area (Å²) in [7, 11) is 0. The molecule has 15 heavy (non-hydrogen) atoms. The summed E-state index contributed by atoms with van der Waals surface area (Å²) in [6.07, 6.45) is 2.30. The van der Waals surface area contributed by atoms with Crippen LogP contribution in [0.2, 0.25) is 0 Å². The van der Waals surface area contributed by atoms with E-state index in [4.69, 9.17) is 0 Å². The highest BCUT2D eigenvalue weighted by molar-refractivity contribution is 6.06. The van der Waals surface area contributed by atoms with Crippen molar-refractivity contribution in [2.75, 3.05) is 0 Å². The Balaban J connectivity index is 2.04. The Labute approximate surface area is 90.0 Å². The molecule has 2 fully saturated rings. The fourth-order valence-corrected chi connectivity index (χ4v) is 2.00. The number of carbonyl (C=O) groups is 2. The van der Waals surface area contributed by atoms with Gasteiger partial charge in [0.1, 0.15) is 0 Å². The summed E-state index contributed by atoms with van der Waals surface area (Å²) in [4.78, 5) is 25.0. The Morgan fingerprint density at radius 1 is 1.27 bits per heavy atom. The quantitative estimate of drug-likeness (QED) is 0.681. The first kappa shape index (κ1) is 10.6. The standard InChI is InChI=1S/C11H18N2O2/c1-11(2,3)12-8-6-9(14)13(10(8)15)7-4-5-7/h7-8,12H,4-6H2,1-3H3. The summed E-state index contributed by atoms with van der Waals surface area (Å²) in [6, 6.07) is -0.102. The topological polar surface area (TPSA) is 49.4 Å². The van der Waals surface area contributed by atoms with Gasteiger partial charge in [0.15, 0.2) is 0 Å². The van der Waals surface area contributed by atoms with Crippen LogP contribution >= 0.6 is 0 Å². The molecule has 1 aliphatic carbocycles. The van der Waals surface area contributed by atoms with Crippen molar-refractivity contribution in [1.82, 2.24) is 10.2 Å². The van der Waals surface area contributed by atoms with E-state index in [1.54, 1.807) is 0 Å². The Hall–Kier alpha value is -0.900. The highest BCUT2D eigenvalue weighted by atomic mass is 16.2. The van der Waals surface area contributed by atoms with Gasteiger partial charge < -0.3 is 5.32 Å². The van der Waals surface area contributed by atoms with Crippen LogP contribution in [-0.4, -0.2) is 34.3 Å². The van der Waals surface area contributed by atoms with Gasteiger partial charge in [0.25, 0.3) is 0 Å². The summed E-state index contributed by atoms with van der Waals surface area (Å²) in [5.41, 5.74) is -0.125. The lowest BCUT2D eigenvalue weighted by atomic mass is 10.1. The predicted octanol–water partition coefficient (Wildman–Crippen LogP) is 0.664. The van der Waals surface area contributed by atoms with Crippen molar-refractivity contribution in [3.05, 3.63) is 0 Å². The third-order valence-electron chi connectivity index (χ3n) is 2.70. The minimum absolute atomic E-state index is 0.00995. The molecule has 2 aliphatic rings. The van der Waals surface area contributed by atoms with E-state index in [2.05, 4.69) is 5.32 Å². The van der Waals surface area contributed by atoms with Crippen LogP contribution in [0.1, 0.15) is 40.0 Å². The Kier molecular flexibility index (Phi) is 2.34. The average Bonchev–Trinajstić information content (AvgIpc) is 2.81. The van der Waals surface area contributed by atoms with Gasteiger partial charge in [-0.2, -0.15) is 0 Å². The molecule has 1 heterocycles. The Morgan fingerprint density at radius 3 is 2.33 bits per heavy atom. The molecule has 0 radical (unpaired) electrons. The molecule has 1 saturated heterocycles. The summed E-state index contributed by atoms with van der Waals surface area (Å²) in [5, 5.41) is 3.20. The number of rotatable bonds is 2. The zero-order valence-electron chi connectivity index (χ0n) is 9.54. The van der Waals surface area contributed by atoms with E-state index in [9.17, 15) is 9.59 Å². The van der Waals surface area contributed by atoms with E-state index >= 15 is 0 Å². The first-order chi connectivity index (χ1) is 6.88. The maximum atomic E-state index is 11.9. The van der Waals surface area contributed by atoms with Crippen molar-refractivity contribution >= 4 is 11.8 Å². The second-order valence-electron chi connectivity index (χ2n) is 5.48. The lowest BCUT2D eigenvalue weighted by molar-refractivity contribution is -0.139. The van der Waals surface area contributed by atoms with Crippen molar-refractivity contribution in [2.24, 2.45) is 0 Å². The Morgan fingerprint density at radius 2 is 1.87 bits per heavy atom. The van der Waals surface area contributed by atoms with E-state index in [0.717, 1.165) is 12.8 Å². The minimum atomic E-state index is -0.307. The van der Waals surface area contributed by atoms with Gasteiger partial charge in [0.2, 0.25) is 11.8 Å². The third-order valence-corrected chi connectivity index (χ3v) is 2.70. The van der Waals surface area contributed by atoms with Crippen LogP contribution < -0.4 is 5.32 Å². The van der Waals surface area contributed by atoms with E-state index in [1.807, 2.05) is 20.8 Å². The maximum Gasteiger partial charge on any atom is 0.247 e. The van der Waals surface area contributed by atoms with E-state index in [0.29, 0.717) is 6.42 Å². The van der Waals surface area contributed by atoms with Gasteiger partial charge in [-0.15, -0.1) is 0 Å². The molecule has 2 rings (SSSR count). The SMILES string of the molecule is CC(C)(C)NC1CC(=O)N(C2CC2)C1=O. The highest BCUT2D eigenvalue weighted by Gasteiger charge is 2.46. The number of likely N-dealkylation sites (tertiary alicyclic amines) is 1. The Bertz CT molecular complexity index is 302. The van der Waals surface area contributed by atoms with Gasteiger partial charge in [-0.3, -0.25) is 14.5 Å². The zero-order chi connectivity index (χ0) is 11.2. The van der Waals surface area contributed by atoms with Gasteiger partial charge in [-0.05, 0) is 33.6 Å². The fourth-order valence-electron chi connectivity index (χ4n) is 2.00. The van der Waals surface area contributed by atoms with Gasteiger partial charge in [0, 0.05) is 11.6 Å². The van der Waals surface area contributed by atoms with E-state index in [-0.39, 0.29) is 29.4 Å². The smallest absolute Gasteiger partial charge is 0.247 e. The molecule has 0 aromatic heterocycles. The minimum Gasteiger partial charge on any atom is -0.301 e. The van der Waals surface area contributed by atoms with Gasteiger partial charge in [-0.1, -0.05) is 0 Å². The van der Waals surface area contributed by atoms with Crippen molar-refractivity contribution in [1.29, 1.82) is 0 Å². The van der Waals surface area contributed by atoms with Crippen LogP contribution in [0.4, 0.5) is 0 Å². The van der Waals surface area contributed by atoms with Crippen molar-refractivity contribution in [3.63, 3.8) is 0 Å². The first-order valence-corrected chi connectivity index (χ1v) is 5.52. The largest absolute Gasteiger partial charge is 0.301 e. The van der Waals surface area contributed by atoms with Crippen LogP contribution in [0.5, 0.6) is 0 Å². The number of nitrogens with zero attached hydrogens (tertiary/aromatic N) is 1. The molecular weight excluding hydrogens is 192 g/mol. The molecule has 1 saturated carbocycles. The molecule has 0 bridgehead atoms. The van der Waals surface area contributed by atoms with Gasteiger partial charge >= 0.3 is 0 Å². The van der Waals surface area contributed by atoms with Crippen LogP contribution in [0.15, 0.2) is 0 Å².